The third-order valence-corrected chi connectivity index (χ3v) is 4.62. The Labute approximate surface area is 127 Å². The molecule has 2 aliphatic carbocycles. The lowest BCUT2D eigenvalue weighted by Crippen LogP contribution is -2.44. The quantitative estimate of drug-likeness (QED) is 0.439. The highest BCUT2D eigenvalue weighted by atomic mass is 16.5. The number of carbonyl (C=O) groups is 1. The maximum Gasteiger partial charge on any atom is 0.316 e. The van der Waals surface area contributed by atoms with E-state index in [1.807, 2.05) is 19.1 Å². The van der Waals surface area contributed by atoms with Crippen molar-refractivity contribution in [2.45, 2.75) is 51.0 Å². The Bertz CT molecular complexity index is 526. The predicted octanol–water partition coefficient (Wildman–Crippen LogP) is 4.23. The molecule has 0 fully saturated rings. The van der Waals surface area contributed by atoms with E-state index in [0.717, 1.165) is 24.8 Å². The first kappa shape index (κ1) is 15.6. The lowest BCUT2D eigenvalue weighted by Gasteiger charge is -2.39. The number of fused-ring (bicyclic) bond motifs is 1. The van der Waals surface area contributed by atoms with Crippen molar-refractivity contribution < 1.29 is 9.53 Å². The second-order valence-electron chi connectivity index (χ2n) is 5.83. The third-order valence-electron chi connectivity index (χ3n) is 4.62. The largest absolute Gasteiger partial charge is 0.465 e. The molecular formula is C18H23NO2. The first-order valence-electron chi connectivity index (χ1n) is 7.68. The van der Waals surface area contributed by atoms with Gasteiger partial charge in [-0.15, -0.1) is 6.58 Å². The Morgan fingerprint density at radius 2 is 2.29 bits per heavy atom. The molecule has 0 aromatic heterocycles. The minimum Gasteiger partial charge on any atom is -0.465 e. The highest BCUT2D eigenvalue weighted by molar-refractivity contribution is 5.82. The summed E-state index contributed by atoms with van der Waals surface area (Å²) in [4.78, 5) is 16.6. The zero-order valence-electron chi connectivity index (χ0n) is 12.7. The van der Waals surface area contributed by atoms with Gasteiger partial charge < -0.3 is 9.58 Å². The number of esters is 1. The molecule has 0 spiro atoms. The average molecular weight is 285 g/mol. The fraction of sp³-hybridized carbons (Fsp3) is 0.556. The Hall–Kier alpha value is -1.82. The molecule has 0 bridgehead atoms. The standard InChI is InChI=1S/C18H23NO2/c1-4-11-18(19-3)14-9-8-13-17(16(20)21-5-2)12-7-6-10-15(17)18/h4,8-10H,1,5-7,11-14H2,2H3. The van der Waals surface area contributed by atoms with Crippen LogP contribution in [-0.4, -0.2) is 18.1 Å². The number of allylic oxidation sites excluding steroid dienone is 2. The summed E-state index contributed by atoms with van der Waals surface area (Å²) in [6.45, 7) is 13.8. The van der Waals surface area contributed by atoms with Gasteiger partial charge in [-0.2, -0.15) is 0 Å². The van der Waals surface area contributed by atoms with E-state index in [-0.39, 0.29) is 5.97 Å². The van der Waals surface area contributed by atoms with Crippen LogP contribution < -0.4 is 0 Å². The predicted molar refractivity (Wildman–Crippen MR) is 83.5 cm³/mol. The van der Waals surface area contributed by atoms with Gasteiger partial charge in [-0.05, 0) is 32.6 Å². The summed E-state index contributed by atoms with van der Waals surface area (Å²) in [6, 6.07) is 0. The molecule has 21 heavy (non-hydrogen) atoms. The molecule has 0 saturated carbocycles. The highest BCUT2D eigenvalue weighted by Gasteiger charge is 2.55. The number of ether oxygens (including phenoxy) is 1. The van der Waals surface area contributed by atoms with Crippen LogP contribution >= 0.6 is 0 Å². The second-order valence-corrected chi connectivity index (χ2v) is 5.83. The van der Waals surface area contributed by atoms with E-state index in [1.54, 1.807) is 6.08 Å². The minimum atomic E-state index is -0.665. The molecular weight excluding hydrogens is 262 g/mol. The SMILES string of the molecule is [C-]#[N+]C1(CC=C)CC=CCC2(C(=O)OCC)CCCC=C12. The van der Waals surface area contributed by atoms with E-state index in [1.165, 1.54) is 0 Å². The summed E-state index contributed by atoms with van der Waals surface area (Å²) >= 11 is 0. The topological polar surface area (TPSA) is 30.7 Å². The van der Waals surface area contributed by atoms with Crippen LogP contribution in [0.3, 0.4) is 0 Å². The number of hydrogen-bond acceptors (Lipinski definition) is 2. The fourth-order valence-corrected chi connectivity index (χ4v) is 3.65. The van der Waals surface area contributed by atoms with Crippen LogP contribution in [0.25, 0.3) is 4.85 Å². The van der Waals surface area contributed by atoms with Gasteiger partial charge in [-0.25, -0.2) is 6.57 Å². The molecule has 3 heteroatoms. The van der Waals surface area contributed by atoms with Crippen molar-refractivity contribution in [3.63, 3.8) is 0 Å². The normalized spacial score (nSPS) is 31.3. The Balaban J connectivity index is 2.56. The summed E-state index contributed by atoms with van der Waals surface area (Å²) < 4.78 is 5.37. The van der Waals surface area contributed by atoms with Crippen molar-refractivity contribution >= 4 is 5.97 Å². The lowest BCUT2D eigenvalue weighted by molar-refractivity contribution is -0.154. The van der Waals surface area contributed by atoms with Crippen molar-refractivity contribution in [1.29, 1.82) is 0 Å². The molecule has 2 atom stereocenters. The van der Waals surface area contributed by atoms with Gasteiger partial charge in [-0.3, -0.25) is 4.79 Å². The molecule has 2 rings (SSSR count). The number of rotatable bonds is 4. The fourth-order valence-electron chi connectivity index (χ4n) is 3.65. The van der Waals surface area contributed by atoms with Crippen LogP contribution in [0.4, 0.5) is 0 Å². The van der Waals surface area contributed by atoms with E-state index in [0.29, 0.717) is 25.9 Å². The molecule has 0 amide bonds. The van der Waals surface area contributed by atoms with E-state index < -0.39 is 11.0 Å². The van der Waals surface area contributed by atoms with E-state index in [2.05, 4.69) is 17.5 Å². The molecule has 0 aliphatic heterocycles. The Morgan fingerprint density at radius 3 is 2.95 bits per heavy atom. The van der Waals surface area contributed by atoms with Gasteiger partial charge >= 0.3 is 5.97 Å². The number of nitrogens with zero attached hydrogens (tertiary/aromatic N) is 1. The van der Waals surface area contributed by atoms with Gasteiger partial charge in [0, 0.05) is 18.4 Å². The maximum absolute atomic E-state index is 12.7. The van der Waals surface area contributed by atoms with Gasteiger partial charge in [0.05, 0.1) is 6.61 Å². The number of hydrogen-bond donors (Lipinski definition) is 0. The maximum atomic E-state index is 12.7. The van der Waals surface area contributed by atoms with Gasteiger partial charge in [0.25, 0.3) is 5.54 Å². The monoisotopic (exact) mass is 285 g/mol. The first-order chi connectivity index (χ1) is 10.1. The summed E-state index contributed by atoms with van der Waals surface area (Å²) in [5.41, 5.74) is -0.337. The molecule has 0 heterocycles. The van der Waals surface area contributed by atoms with Crippen LogP contribution in [0.2, 0.25) is 0 Å². The molecule has 0 radical (unpaired) electrons. The molecule has 3 nitrogen and oxygen atoms in total. The summed E-state index contributed by atoms with van der Waals surface area (Å²) in [7, 11) is 0. The van der Waals surface area contributed by atoms with Crippen molar-refractivity contribution in [3.05, 3.63) is 47.9 Å². The average Bonchev–Trinajstić information content (AvgIpc) is 2.67. The van der Waals surface area contributed by atoms with E-state index in [9.17, 15) is 4.79 Å². The molecule has 2 aliphatic rings. The summed E-state index contributed by atoms with van der Waals surface area (Å²) in [5.74, 6) is -0.167. The van der Waals surface area contributed by atoms with Crippen LogP contribution in [-0.2, 0) is 9.53 Å². The highest BCUT2D eigenvalue weighted by Crippen LogP contribution is 2.52. The molecule has 2 unspecified atom stereocenters. The van der Waals surface area contributed by atoms with Crippen molar-refractivity contribution in [2.24, 2.45) is 5.41 Å². The molecule has 0 aromatic rings. The van der Waals surface area contributed by atoms with Gasteiger partial charge in [0.15, 0.2) is 0 Å². The smallest absolute Gasteiger partial charge is 0.316 e. The second kappa shape index (κ2) is 6.30. The third kappa shape index (κ3) is 2.55. The first-order valence-corrected chi connectivity index (χ1v) is 7.68. The zero-order valence-corrected chi connectivity index (χ0v) is 12.7. The summed E-state index contributed by atoms with van der Waals surface area (Å²) in [6.07, 6.45) is 12.6. The van der Waals surface area contributed by atoms with Gasteiger partial charge in [0.1, 0.15) is 5.41 Å². The van der Waals surface area contributed by atoms with Crippen LogP contribution in [0.15, 0.2) is 36.5 Å². The molecule has 0 N–H and O–H groups in total. The Kier molecular flexibility index (Phi) is 4.67. The molecule has 112 valence electrons. The van der Waals surface area contributed by atoms with Gasteiger partial charge in [-0.1, -0.05) is 24.3 Å². The van der Waals surface area contributed by atoms with Crippen molar-refractivity contribution in [3.8, 4) is 0 Å². The summed E-state index contributed by atoms with van der Waals surface area (Å²) in [5, 5.41) is 0. The van der Waals surface area contributed by atoms with E-state index in [4.69, 9.17) is 11.3 Å². The van der Waals surface area contributed by atoms with Crippen molar-refractivity contribution in [2.75, 3.05) is 6.61 Å². The van der Waals surface area contributed by atoms with Crippen LogP contribution in [0, 0.1) is 12.0 Å². The van der Waals surface area contributed by atoms with Crippen LogP contribution in [0.1, 0.15) is 45.4 Å². The van der Waals surface area contributed by atoms with Crippen molar-refractivity contribution in [1.82, 2.24) is 0 Å². The molecule has 0 saturated heterocycles. The lowest BCUT2D eigenvalue weighted by atomic mass is 9.63. The molecule has 0 aromatic carbocycles. The zero-order chi connectivity index (χ0) is 15.3. The van der Waals surface area contributed by atoms with Gasteiger partial charge in [0.2, 0.25) is 0 Å². The van der Waals surface area contributed by atoms with E-state index >= 15 is 0 Å². The minimum absolute atomic E-state index is 0.167. The van der Waals surface area contributed by atoms with Crippen LogP contribution in [0.5, 0.6) is 0 Å². The number of carbonyl (C=O) groups excluding carboxylic acids is 1. The Morgan fingerprint density at radius 1 is 1.52 bits per heavy atom.